The number of aromatic nitrogens is 2. The van der Waals surface area contributed by atoms with E-state index in [4.69, 9.17) is 0 Å². The van der Waals surface area contributed by atoms with Gasteiger partial charge in [-0.1, -0.05) is 12.1 Å². The molecule has 4 rings (SSSR count). The van der Waals surface area contributed by atoms with Crippen molar-refractivity contribution in [2.24, 2.45) is 0 Å². The SMILES string of the molecule is O=C(N[C@@H]1C[C@@H]1c1cccc(F)c1)c1n[nH]c(C2CC2)c1Br. The summed E-state index contributed by atoms with van der Waals surface area (Å²) in [6.45, 7) is 0. The number of H-pyrrole nitrogens is 1. The van der Waals surface area contributed by atoms with Crippen LogP contribution in [0.3, 0.4) is 0 Å². The van der Waals surface area contributed by atoms with E-state index in [0.717, 1.165) is 35.0 Å². The van der Waals surface area contributed by atoms with Gasteiger partial charge < -0.3 is 5.32 Å². The number of rotatable bonds is 4. The van der Waals surface area contributed by atoms with Crippen LogP contribution in [0, 0.1) is 5.82 Å². The number of aromatic amines is 1. The number of nitrogens with zero attached hydrogens (tertiary/aromatic N) is 1. The Morgan fingerprint density at radius 1 is 1.41 bits per heavy atom. The second-order valence-electron chi connectivity index (χ2n) is 6.05. The quantitative estimate of drug-likeness (QED) is 0.873. The highest BCUT2D eigenvalue weighted by Gasteiger charge is 2.40. The van der Waals surface area contributed by atoms with Gasteiger partial charge in [-0.2, -0.15) is 5.10 Å². The van der Waals surface area contributed by atoms with Crippen molar-refractivity contribution < 1.29 is 9.18 Å². The van der Waals surface area contributed by atoms with Gasteiger partial charge in [-0.3, -0.25) is 9.89 Å². The van der Waals surface area contributed by atoms with Crippen LogP contribution in [0.25, 0.3) is 0 Å². The minimum absolute atomic E-state index is 0.0577. The second kappa shape index (κ2) is 5.19. The molecule has 22 heavy (non-hydrogen) atoms. The molecule has 2 atom stereocenters. The van der Waals surface area contributed by atoms with Crippen molar-refractivity contribution in [3.8, 4) is 0 Å². The van der Waals surface area contributed by atoms with Crippen molar-refractivity contribution in [2.75, 3.05) is 0 Å². The first-order valence-electron chi connectivity index (χ1n) is 7.43. The molecule has 2 N–H and O–H groups in total. The van der Waals surface area contributed by atoms with Gasteiger partial charge in [0.15, 0.2) is 5.69 Å². The third-order valence-electron chi connectivity index (χ3n) is 4.32. The van der Waals surface area contributed by atoms with Gasteiger partial charge in [0.05, 0.1) is 10.2 Å². The lowest BCUT2D eigenvalue weighted by Crippen LogP contribution is -2.27. The number of carbonyl (C=O) groups excluding carboxylic acids is 1. The molecule has 1 amide bonds. The maximum Gasteiger partial charge on any atom is 0.273 e. The Morgan fingerprint density at radius 3 is 2.95 bits per heavy atom. The molecule has 1 aromatic carbocycles. The molecule has 0 spiro atoms. The van der Waals surface area contributed by atoms with E-state index in [1.165, 1.54) is 12.1 Å². The normalized spacial score (nSPS) is 23.4. The first kappa shape index (κ1) is 13.9. The summed E-state index contributed by atoms with van der Waals surface area (Å²) in [5.41, 5.74) is 2.36. The molecule has 2 aliphatic carbocycles. The smallest absolute Gasteiger partial charge is 0.273 e. The van der Waals surface area contributed by atoms with Crippen molar-refractivity contribution in [3.05, 3.63) is 51.5 Å². The van der Waals surface area contributed by atoms with Crippen LogP contribution < -0.4 is 5.32 Å². The van der Waals surface area contributed by atoms with Crippen molar-refractivity contribution in [1.82, 2.24) is 15.5 Å². The molecule has 2 fully saturated rings. The van der Waals surface area contributed by atoms with Gasteiger partial charge in [0, 0.05) is 17.9 Å². The number of benzene rings is 1. The average Bonchev–Trinajstić information content (AvgIpc) is 3.40. The van der Waals surface area contributed by atoms with Crippen LogP contribution in [0.1, 0.15) is 52.8 Å². The topological polar surface area (TPSA) is 57.8 Å². The molecule has 1 aromatic heterocycles. The maximum atomic E-state index is 13.2. The van der Waals surface area contributed by atoms with Gasteiger partial charge in [-0.25, -0.2) is 4.39 Å². The summed E-state index contributed by atoms with van der Waals surface area (Å²) in [4.78, 5) is 12.3. The van der Waals surface area contributed by atoms with E-state index in [0.29, 0.717) is 11.6 Å². The predicted molar refractivity (Wildman–Crippen MR) is 83.3 cm³/mol. The van der Waals surface area contributed by atoms with E-state index in [1.54, 1.807) is 6.07 Å². The molecule has 114 valence electrons. The zero-order valence-corrected chi connectivity index (χ0v) is 13.4. The molecule has 4 nitrogen and oxygen atoms in total. The zero-order valence-electron chi connectivity index (χ0n) is 11.8. The van der Waals surface area contributed by atoms with E-state index in [2.05, 4.69) is 31.4 Å². The average molecular weight is 364 g/mol. The summed E-state index contributed by atoms with van der Waals surface area (Å²) in [6, 6.07) is 6.62. The van der Waals surface area contributed by atoms with Crippen LogP contribution in [0.2, 0.25) is 0 Å². The fourth-order valence-corrected chi connectivity index (χ4v) is 3.51. The molecule has 2 saturated carbocycles. The molecule has 6 heteroatoms. The fraction of sp³-hybridized carbons (Fsp3) is 0.375. The molecule has 2 aliphatic rings. The van der Waals surface area contributed by atoms with E-state index >= 15 is 0 Å². The number of nitrogens with one attached hydrogen (secondary N) is 2. The first-order chi connectivity index (χ1) is 10.6. The Labute approximate surface area is 135 Å². The van der Waals surface area contributed by atoms with Gasteiger partial charge in [-0.15, -0.1) is 0 Å². The highest BCUT2D eigenvalue weighted by Crippen LogP contribution is 2.44. The van der Waals surface area contributed by atoms with Crippen LogP contribution in [-0.2, 0) is 0 Å². The summed E-state index contributed by atoms with van der Waals surface area (Å²) in [5, 5.41) is 10.1. The number of amides is 1. The summed E-state index contributed by atoms with van der Waals surface area (Å²) in [5.74, 6) is 0.280. The molecule has 0 unspecified atom stereocenters. The highest BCUT2D eigenvalue weighted by atomic mass is 79.9. The number of carbonyl (C=O) groups is 1. The van der Waals surface area contributed by atoms with Crippen LogP contribution >= 0.6 is 15.9 Å². The molecule has 2 aromatic rings. The van der Waals surface area contributed by atoms with Gasteiger partial charge in [0.1, 0.15) is 5.82 Å². The van der Waals surface area contributed by atoms with E-state index in [1.807, 2.05) is 6.07 Å². The van der Waals surface area contributed by atoms with Gasteiger partial charge in [-0.05, 0) is 52.9 Å². The second-order valence-corrected chi connectivity index (χ2v) is 6.84. The highest BCUT2D eigenvalue weighted by molar-refractivity contribution is 9.10. The molecule has 0 radical (unpaired) electrons. The van der Waals surface area contributed by atoms with Crippen LogP contribution in [0.4, 0.5) is 4.39 Å². The summed E-state index contributed by atoms with van der Waals surface area (Å²) >= 11 is 3.47. The first-order valence-corrected chi connectivity index (χ1v) is 8.23. The molecular weight excluding hydrogens is 349 g/mol. The number of halogens is 2. The number of hydrogen-bond acceptors (Lipinski definition) is 2. The Balaban J connectivity index is 1.43. The van der Waals surface area contributed by atoms with Crippen molar-refractivity contribution in [3.63, 3.8) is 0 Å². The van der Waals surface area contributed by atoms with Crippen LogP contribution in [0.5, 0.6) is 0 Å². The Kier molecular flexibility index (Phi) is 3.29. The number of hydrogen-bond donors (Lipinski definition) is 2. The summed E-state index contributed by atoms with van der Waals surface area (Å²) < 4.78 is 14.0. The van der Waals surface area contributed by atoms with Crippen molar-refractivity contribution in [2.45, 2.75) is 37.1 Å². The minimum Gasteiger partial charge on any atom is -0.347 e. The van der Waals surface area contributed by atoms with Crippen molar-refractivity contribution >= 4 is 21.8 Å². The monoisotopic (exact) mass is 363 g/mol. The Morgan fingerprint density at radius 2 is 2.23 bits per heavy atom. The predicted octanol–water partition coefficient (Wildman–Crippen LogP) is 3.47. The van der Waals surface area contributed by atoms with Gasteiger partial charge in [0.2, 0.25) is 0 Å². The van der Waals surface area contributed by atoms with E-state index < -0.39 is 0 Å². The van der Waals surface area contributed by atoms with E-state index in [-0.39, 0.29) is 23.7 Å². The molecule has 0 aliphatic heterocycles. The third-order valence-corrected chi connectivity index (χ3v) is 5.12. The third kappa shape index (κ3) is 2.56. The Bertz CT molecular complexity index is 741. The Hall–Kier alpha value is -1.69. The molecule has 0 saturated heterocycles. The van der Waals surface area contributed by atoms with Crippen LogP contribution in [0.15, 0.2) is 28.7 Å². The van der Waals surface area contributed by atoms with Gasteiger partial charge >= 0.3 is 0 Å². The largest absolute Gasteiger partial charge is 0.347 e. The van der Waals surface area contributed by atoms with E-state index in [9.17, 15) is 9.18 Å². The zero-order chi connectivity index (χ0) is 15.3. The lowest BCUT2D eigenvalue weighted by atomic mass is 10.1. The lowest BCUT2D eigenvalue weighted by Gasteiger charge is -2.04. The van der Waals surface area contributed by atoms with Crippen LogP contribution in [-0.4, -0.2) is 22.1 Å². The van der Waals surface area contributed by atoms with Crippen molar-refractivity contribution in [1.29, 1.82) is 0 Å². The molecular formula is C16H15BrFN3O. The standard InChI is InChI=1S/C16H15BrFN3O/c17-13-14(8-4-5-8)20-21-15(13)16(22)19-12-7-11(12)9-2-1-3-10(18)6-9/h1-3,6,8,11-12H,4-5,7H2,(H,19,22)(H,20,21)/t11-,12-/m1/s1. The molecule has 0 bridgehead atoms. The fourth-order valence-electron chi connectivity index (χ4n) is 2.83. The summed E-state index contributed by atoms with van der Waals surface area (Å²) in [6.07, 6.45) is 3.13. The minimum atomic E-state index is -0.237. The van der Waals surface area contributed by atoms with Gasteiger partial charge in [0.25, 0.3) is 5.91 Å². The summed E-state index contributed by atoms with van der Waals surface area (Å²) in [7, 11) is 0. The maximum absolute atomic E-state index is 13.2. The molecule has 1 heterocycles. The lowest BCUT2D eigenvalue weighted by molar-refractivity contribution is 0.0944.